The van der Waals surface area contributed by atoms with Gasteiger partial charge in [-0.25, -0.2) is 4.98 Å². The van der Waals surface area contributed by atoms with E-state index < -0.39 is 0 Å². The van der Waals surface area contributed by atoms with E-state index in [0.717, 1.165) is 28.0 Å². The molecule has 0 bridgehead atoms. The molecule has 6 heteroatoms. The smallest absolute Gasteiger partial charge is 0.256 e. The lowest BCUT2D eigenvalue weighted by Gasteiger charge is -2.18. The maximum Gasteiger partial charge on any atom is 0.256 e. The summed E-state index contributed by atoms with van der Waals surface area (Å²) in [7, 11) is 0. The van der Waals surface area contributed by atoms with Gasteiger partial charge < -0.3 is 10.6 Å². The number of nitrogens with one attached hydrogen (secondary N) is 2. The number of benzene rings is 1. The second-order valence-electron chi connectivity index (χ2n) is 8.64. The van der Waals surface area contributed by atoms with Crippen molar-refractivity contribution < 1.29 is 9.59 Å². The molecule has 2 aromatic rings. The Morgan fingerprint density at radius 1 is 1.06 bits per heavy atom. The number of pyridine rings is 1. The maximum atomic E-state index is 12.7. The van der Waals surface area contributed by atoms with Gasteiger partial charge in [-0.3, -0.25) is 14.6 Å². The Morgan fingerprint density at radius 3 is 2.65 bits per heavy atom. The molecule has 0 radical (unpaired) electrons. The van der Waals surface area contributed by atoms with Gasteiger partial charge in [0.05, 0.1) is 17.3 Å². The van der Waals surface area contributed by atoms with Crippen molar-refractivity contribution >= 4 is 23.3 Å². The third kappa shape index (κ3) is 5.05. The van der Waals surface area contributed by atoms with Gasteiger partial charge in [0.25, 0.3) is 5.91 Å². The van der Waals surface area contributed by atoms with Crippen LogP contribution in [-0.4, -0.2) is 22.5 Å². The summed E-state index contributed by atoms with van der Waals surface area (Å²) in [6, 6.07) is 9.15. The first-order valence-electron chi connectivity index (χ1n) is 11.2. The minimum atomic E-state index is -0.238. The normalized spacial score (nSPS) is 16.0. The van der Waals surface area contributed by atoms with Gasteiger partial charge >= 0.3 is 0 Å². The summed E-state index contributed by atoms with van der Waals surface area (Å²) < 4.78 is 0. The van der Waals surface area contributed by atoms with Gasteiger partial charge in [-0.1, -0.05) is 43.9 Å². The molecule has 6 nitrogen and oxygen atoms in total. The predicted octanol–water partition coefficient (Wildman–Crippen LogP) is 4.48. The number of aryl methyl sites for hydroxylation is 2. The molecule has 2 aliphatic rings. The fraction of sp³-hybridized carbons (Fsp3) is 0.214. The van der Waals surface area contributed by atoms with Crippen LogP contribution in [0.3, 0.4) is 0 Å². The Balaban J connectivity index is 1.50. The highest BCUT2D eigenvalue weighted by Crippen LogP contribution is 2.27. The van der Waals surface area contributed by atoms with Gasteiger partial charge in [-0.2, -0.15) is 0 Å². The first kappa shape index (κ1) is 22.9. The number of allylic oxidation sites excluding steroid dienone is 5. The molecule has 0 saturated heterocycles. The zero-order valence-corrected chi connectivity index (χ0v) is 19.6. The quantitative estimate of drug-likeness (QED) is 0.674. The summed E-state index contributed by atoms with van der Waals surface area (Å²) in [4.78, 5) is 33.6. The van der Waals surface area contributed by atoms with Crippen molar-refractivity contribution in [3.63, 3.8) is 0 Å². The minimum absolute atomic E-state index is 0.0471. The van der Waals surface area contributed by atoms with Gasteiger partial charge in [0, 0.05) is 35.0 Å². The molecule has 0 saturated carbocycles. The third-order valence-electron chi connectivity index (χ3n) is 5.60. The topological polar surface area (TPSA) is 83.4 Å². The molecule has 34 heavy (non-hydrogen) atoms. The summed E-state index contributed by atoms with van der Waals surface area (Å²) in [6.45, 7) is 7.61. The van der Waals surface area contributed by atoms with Crippen LogP contribution < -0.4 is 10.6 Å². The lowest BCUT2D eigenvalue weighted by molar-refractivity contribution is -0.123. The van der Waals surface area contributed by atoms with Crippen LogP contribution in [0.25, 0.3) is 0 Å². The van der Waals surface area contributed by atoms with E-state index in [-0.39, 0.29) is 23.7 Å². The van der Waals surface area contributed by atoms with Crippen LogP contribution in [0.2, 0.25) is 0 Å². The number of hydrogen-bond acceptors (Lipinski definition) is 4. The van der Waals surface area contributed by atoms with Crippen molar-refractivity contribution in [2.24, 2.45) is 16.8 Å². The number of carbonyl (C=O) groups excluding carboxylic acids is 2. The van der Waals surface area contributed by atoms with E-state index in [2.05, 4.69) is 32.5 Å². The summed E-state index contributed by atoms with van der Waals surface area (Å²) in [5.74, 6) is 6.43. The number of aliphatic imine (C=N–C) groups is 1. The van der Waals surface area contributed by atoms with Gasteiger partial charge in [0.1, 0.15) is 5.82 Å². The summed E-state index contributed by atoms with van der Waals surface area (Å²) >= 11 is 0. The fourth-order valence-electron chi connectivity index (χ4n) is 3.55. The molecule has 0 spiro atoms. The van der Waals surface area contributed by atoms with E-state index in [9.17, 15) is 9.59 Å². The molecule has 2 heterocycles. The molecule has 1 aromatic heterocycles. The van der Waals surface area contributed by atoms with E-state index in [1.807, 2.05) is 64.1 Å². The summed E-state index contributed by atoms with van der Waals surface area (Å²) in [5, 5.41) is 5.78. The SMILES string of the molecule is Cc1ccnc(NC(=O)c2ccc(C)c(C#CC3=CN=C4C(NC(=O)C(C)C)=CC=CC34)c2)c1. The standard InChI is InChI=1S/C28H26N4O2/c1-17(2)27(33)31-24-7-5-6-23-22(16-30-26(23)24)11-10-20-15-21(9-8-19(20)4)28(34)32-25-14-18(3)12-13-29-25/h5-9,12-17,23H,1-4H3,(H,31,33)(H,29,32,34). The molecule has 1 atom stereocenters. The molecule has 1 aliphatic carbocycles. The van der Waals surface area contributed by atoms with Crippen LogP contribution >= 0.6 is 0 Å². The number of rotatable bonds is 4. The van der Waals surface area contributed by atoms with Gasteiger partial charge in [0.15, 0.2) is 0 Å². The van der Waals surface area contributed by atoms with E-state index in [1.165, 1.54) is 0 Å². The molecule has 1 aliphatic heterocycles. The lowest BCUT2D eigenvalue weighted by Crippen LogP contribution is -2.33. The first-order valence-corrected chi connectivity index (χ1v) is 11.2. The average molecular weight is 451 g/mol. The largest absolute Gasteiger partial charge is 0.324 e. The van der Waals surface area contributed by atoms with Crippen LogP contribution in [0.15, 0.2) is 77.2 Å². The number of nitrogens with zero attached hydrogens (tertiary/aromatic N) is 2. The number of anilines is 1. The number of aromatic nitrogens is 1. The van der Waals surface area contributed by atoms with Crippen LogP contribution in [0, 0.1) is 37.5 Å². The Hall–Kier alpha value is -4.24. The van der Waals surface area contributed by atoms with Gasteiger partial charge in [-0.05, 0) is 55.3 Å². The fourth-order valence-corrected chi connectivity index (χ4v) is 3.55. The molecular weight excluding hydrogens is 424 g/mol. The van der Waals surface area contributed by atoms with E-state index in [0.29, 0.717) is 17.1 Å². The minimum Gasteiger partial charge on any atom is -0.324 e. The average Bonchev–Trinajstić information content (AvgIpc) is 3.22. The second-order valence-corrected chi connectivity index (χ2v) is 8.64. The van der Waals surface area contributed by atoms with Crippen molar-refractivity contribution in [2.75, 3.05) is 5.32 Å². The van der Waals surface area contributed by atoms with E-state index in [4.69, 9.17) is 0 Å². The summed E-state index contributed by atoms with van der Waals surface area (Å²) in [6.07, 6.45) is 9.19. The lowest BCUT2D eigenvalue weighted by atomic mass is 9.90. The zero-order valence-electron chi connectivity index (χ0n) is 19.6. The number of amides is 2. The van der Waals surface area contributed by atoms with Gasteiger partial charge in [0.2, 0.25) is 5.91 Å². The molecule has 2 N–H and O–H groups in total. The Bertz CT molecular complexity index is 1350. The predicted molar refractivity (Wildman–Crippen MR) is 134 cm³/mol. The van der Waals surface area contributed by atoms with Crippen LogP contribution in [-0.2, 0) is 4.79 Å². The highest BCUT2D eigenvalue weighted by atomic mass is 16.2. The van der Waals surface area contributed by atoms with Crippen molar-refractivity contribution in [3.8, 4) is 11.8 Å². The number of carbonyl (C=O) groups is 2. The number of hydrogen-bond donors (Lipinski definition) is 2. The third-order valence-corrected chi connectivity index (χ3v) is 5.60. The van der Waals surface area contributed by atoms with Crippen LogP contribution in [0.5, 0.6) is 0 Å². The Labute approximate surface area is 199 Å². The van der Waals surface area contributed by atoms with Crippen molar-refractivity contribution in [1.82, 2.24) is 10.3 Å². The van der Waals surface area contributed by atoms with Crippen molar-refractivity contribution in [2.45, 2.75) is 27.7 Å². The monoisotopic (exact) mass is 450 g/mol. The second kappa shape index (κ2) is 9.72. The zero-order chi connectivity index (χ0) is 24.2. The van der Waals surface area contributed by atoms with E-state index >= 15 is 0 Å². The molecule has 1 unspecified atom stereocenters. The molecular formula is C28H26N4O2. The first-order chi connectivity index (χ1) is 16.3. The van der Waals surface area contributed by atoms with Crippen LogP contribution in [0.1, 0.15) is 40.9 Å². The van der Waals surface area contributed by atoms with Crippen LogP contribution in [0.4, 0.5) is 5.82 Å². The molecule has 0 fully saturated rings. The van der Waals surface area contributed by atoms with Crippen molar-refractivity contribution in [1.29, 1.82) is 0 Å². The van der Waals surface area contributed by atoms with Gasteiger partial charge in [-0.15, -0.1) is 0 Å². The number of fused-ring (bicyclic) bond motifs is 1. The molecule has 1 aromatic carbocycles. The van der Waals surface area contributed by atoms with Crippen molar-refractivity contribution in [3.05, 3.63) is 94.5 Å². The Morgan fingerprint density at radius 2 is 1.88 bits per heavy atom. The molecule has 2 amide bonds. The highest BCUT2D eigenvalue weighted by Gasteiger charge is 2.27. The highest BCUT2D eigenvalue weighted by molar-refractivity contribution is 6.10. The molecule has 4 rings (SSSR count). The Kier molecular flexibility index (Phi) is 6.55. The maximum absolute atomic E-state index is 12.7. The molecule has 170 valence electrons. The summed E-state index contributed by atoms with van der Waals surface area (Å²) in [5.41, 5.74) is 5.61. The van der Waals surface area contributed by atoms with E-state index in [1.54, 1.807) is 24.5 Å².